The first-order valence-electron chi connectivity index (χ1n) is 3.91. The van der Waals surface area contributed by atoms with Crippen molar-refractivity contribution in [2.24, 2.45) is 4.99 Å². The largest absolute Gasteiger partial charge is 0.293 e. The number of carbonyl (C=O) groups is 1. The SMILES string of the molecule is CCC(=O)C1=NC(C)SC1C. The number of ketones is 1. The van der Waals surface area contributed by atoms with E-state index < -0.39 is 0 Å². The first-order chi connectivity index (χ1) is 5.15. The van der Waals surface area contributed by atoms with Crippen LogP contribution < -0.4 is 0 Å². The highest BCUT2D eigenvalue weighted by Gasteiger charge is 2.26. The third-order valence-electron chi connectivity index (χ3n) is 1.71. The van der Waals surface area contributed by atoms with Gasteiger partial charge in [-0.3, -0.25) is 9.79 Å². The normalized spacial score (nSPS) is 30.3. The average molecular weight is 171 g/mol. The summed E-state index contributed by atoms with van der Waals surface area (Å²) in [5.74, 6) is 0.203. The van der Waals surface area contributed by atoms with Crippen molar-refractivity contribution in [3.05, 3.63) is 0 Å². The molecule has 0 aromatic carbocycles. The van der Waals surface area contributed by atoms with Crippen molar-refractivity contribution in [1.82, 2.24) is 0 Å². The lowest BCUT2D eigenvalue weighted by atomic mass is 10.1. The van der Waals surface area contributed by atoms with Gasteiger partial charge in [-0.1, -0.05) is 6.92 Å². The average Bonchev–Trinajstić information content (AvgIpc) is 2.28. The summed E-state index contributed by atoms with van der Waals surface area (Å²) in [5, 5.41) is 0.577. The van der Waals surface area contributed by atoms with Gasteiger partial charge in [-0.2, -0.15) is 0 Å². The number of hydrogen-bond donors (Lipinski definition) is 0. The molecule has 2 unspecified atom stereocenters. The Balaban J connectivity index is 2.71. The van der Waals surface area contributed by atoms with Gasteiger partial charge in [0, 0.05) is 11.7 Å². The molecule has 1 heterocycles. The van der Waals surface area contributed by atoms with Gasteiger partial charge in [-0.25, -0.2) is 0 Å². The van der Waals surface area contributed by atoms with Crippen LogP contribution in [0, 0.1) is 0 Å². The van der Waals surface area contributed by atoms with Crippen molar-refractivity contribution in [3.63, 3.8) is 0 Å². The van der Waals surface area contributed by atoms with Gasteiger partial charge in [0.2, 0.25) is 0 Å². The van der Waals surface area contributed by atoms with E-state index in [2.05, 4.69) is 4.99 Å². The number of nitrogens with zero attached hydrogens (tertiary/aromatic N) is 1. The van der Waals surface area contributed by atoms with E-state index in [0.29, 0.717) is 11.7 Å². The molecule has 0 N–H and O–H groups in total. The summed E-state index contributed by atoms with van der Waals surface area (Å²) in [5.41, 5.74) is 0.782. The smallest absolute Gasteiger partial charge is 0.177 e. The summed E-state index contributed by atoms with van der Waals surface area (Å²) in [6, 6.07) is 0. The van der Waals surface area contributed by atoms with E-state index in [1.807, 2.05) is 20.8 Å². The summed E-state index contributed by atoms with van der Waals surface area (Å²) in [4.78, 5) is 15.5. The lowest BCUT2D eigenvalue weighted by Crippen LogP contribution is -2.19. The maximum atomic E-state index is 11.2. The van der Waals surface area contributed by atoms with Gasteiger partial charge in [0.15, 0.2) is 5.78 Å². The minimum atomic E-state index is 0.203. The minimum absolute atomic E-state index is 0.203. The van der Waals surface area contributed by atoms with Gasteiger partial charge >= 0.3 is 0 Å². The Morgan fingerprint density at radius 2 is 2.27 bits per heavy atom. The van der Waals surface area contributed by atoms with Crippen LogP contribution in [0.5, 0.6) is 0 Å². The zero-order valence-corrected chi connectivity index (χ0v) is 7.94. The summed E-state index contributed by atoms with van der Waals surface area (Å²) in [6.07, 6.45) is 0.580. The molecule has 0 saturated heterocycles. The Hall–Kier alpha value is -0.310. The number of carbonyl (C=O) groups excluding carboxylic acids is 1. The molecule has 1 aliphatic rings. The van der Waals surface area contributed by atoms with E-state index in [1.165, 1.54) is 0 Å². The zero-order valence-electron chi connectivity index (χ0n) is 7.13. The molecule has 0 amide bonds. The van der Waals surface area contributed by atoms with E-state index >= 15 is 0 Å². The van der Waals surface area contributed by atoms with Crippen LogP contribution in [0.25, 0.3) is 0 Å². The van der Waals surface area contributed by atoms with E-state index in [0.717, 1.165) is 5.71 Å². The molecular formula is C8H13NOS. The first-order valence-corrected chi connectivity index (χ1v) is 4.85. The molecule has 0 spiro atoms. The second-order valence-electron chi connectivity index (χ2n) is 2.67. The summed E-state index contributed by atoms with van der Waals surface area (Å²) in [7, 11) is 0. The van der Waals surface area contributed by atoms with Crippen LogP contribution in [0.2, 0.25) is 0 Å². The number of hydrogen-bond acceptors (Lipinski definition) is 3. The van der Waals surface area contributed by atoms with Crippen molar-refractivity contribution in [2.75, 3.05) is 0 Å². The predicted molar refractivity (Wildman–Crippen MR) is 49.2 cm³/mol. The molecule has 2 nitrogen and oxygen atoms in total. The summed E-state index contributed by atoms with van der Waals surface area (Å²) in [6.45, 7) is 5.95. The van der Waals surface area contributed by atoms with Crippen molar-refractivity contribution in [2.45, 2.75) is 37.8 Å². The van der Waals surface area contributed by atoms with E-state index in [1.54, 1.807) is 11.8 Å². The third-order valence-corrected chi connectivity index (χ3v) is 2.84. The molecular weight excluding hydrogens is 158 g/mol. The van der Waals surface area contributed by atoms with E-state index in [4.69, 9.17) is 0 Å². The fraction of sp³-hybridized carbons (Fsp3) is 0.750. The van der Waals surface area contributed by atoms with Crippen LogP contribution in [-0.2, 0) is 4.79 Å². The van der Waals surface area contributed by atoms with Crippen molar-refractivity contribution < 1.29 is 4.79 Å². The maximum Gasteiger partial charge on any atom is 0.177 e. The second kappa shape index (κ2) is 3.39. The van der Waals surface area contributed by atoms with Crippen LogP contribution in [0.3, 0.4) is 0 Å². The Labute approximate surface area is 71.5 Å². The molecule has 0 radical (unpaired) electrons. The fourth-order valence-corrected chi connectivity index (χ4v) is 2.26. The topological polar surface area (TPSA) is 29.4 Å². The fourth-order valence-electron chi connectivity index (χ4n) is 1.17. The lowest BCUT2D eigenvalue weighted by molar-refractivity contribution is -0.112. The van der Waals surface area contributed by atoms with Crippen LogP contribution in [0.1, 0.15) is 27.2 Å². The lowest BCUT2D eigenvalue weighted by Gasteiger charge is -2.02. The summed E-state index contributed by atoms with van der Waals surface area (Å²) >= 11 is 1.75. The number of aliphatic imine (C=N–C) groups is 1. The maximum absolute atomic E-state index is 11.2. The highest BCUT2D eigenvalue weighted by atomic mass is 32.2. The quantitative estimate of drug-likeness (QED) is 0.635. The Morgan fingerprint density at radius 1 is 1.64 bits per heavy atom. The van der Waals surface area contributed by atoms with Crippen molar-refractivity contribution in [1.29, 1.82) is 0 Å². The van der Waals surface area contributed by atoms with Crippen LogP contribution in [0.15, 0.2) is 4.99 Å². The van der Waals surface area contributed by atoms with E-state index in [-0.39, 0.29) is 11.2 Å². The van der Waals surface area contributed by atoms with Gasteiger partial charge in [-0.05, 0) is 13.8 Å². The highest BCUT2D eigenvalue weighted by molar-refractivity contribution is 8.01. The molecule has 0 saturated carbocycles. The van der Waals surface area contributed by atoms with Crippen LogP contribution >= 0.6 is 11.8 Å². The molecule has 0 aliphatic carbocycles. The first kappa shape index (κ1) is 8.78. The zero-order chi connectivity index (χ0) is 8.43. The molecule has 0 aromatic heterocycles. The number of thioether (sulfide) groups is 1. The van der Waals surface area contributed by atoms with Crippen LogP contribution in [-0.4, -0.2) is 22.1 Å². The summed E-state index contributed by atoms with van der Waals surface area (Å²) < 4.78 is 0. The highest BCUT2D eigenvalue weighted by Crippen LogP contribution is 2.27. The molecule has 0 aromatic rings. The van der Waals surface area contributed by atoms with Crippen molar-refractivity contribution in [3.8, 4) is 0 Å². The monoisotopic (exact) mass is 171 g/mol. The van der Waals surface area contributed by atoms with Gasteiger partial charge in [0.25, 0.3) is 0 Å². The Morgan fingerprint density at radius 3 is 2.64 bits per heavy atom. The molecule has 0 fully saturated rings. The molecule has 11 heavy (non-hydrogen) atoms. The second-order valence-corrected chi connectivity index (χ2v) is 4.33. The molecule has 1 aliphatic heterocycles. The van der Waals surface area contributed by atoms with Gasteiger partial charge in [0.1, 0.15) is 0 Å². The molecule has 0 bridgehead atoms. The van der Waals surface area contributed by atoms with Crippen molar-refractivity contribution >= 4 is 23.3 Å². The Bertz CT molecular complexity index is 200. The third kappa shape index (κ3) is 1.83. The van der Waals surface area contributed by atoms with Gasteiger partial charge in [0.05, 0.1) is 11.1 Å². The predicted octanol–water partition coefficient (Wildman–Crippen LogP) is 1.89. The van der Waals surface area contributed by atoms with Gasteiger partial charge < -0.3 is 0 Å². The molecule has 2 atom stereocenters. The van der Waals surface area contributed by atoms with Crippen LogP contribution in [0.4, 0.5) is 0 Å². The van der Waals surface area contributed by atoms with Gasteiger partial charge in [-0.15, -0.1) is 11.8 Å². The number of Topliss-reactive ketones (excluding diaryl/α,β-unsaturated/α-hetero) is 1. The standard InChI is InChI=1S/C8H13NOS/c1-4-7(10)8-5(2)11-6(3)9-8/h5-6H,4H2,1-3H3. The molecule has 62 valence electrons. The molecule has 1 rings (SSSR count). The molecule has 3 heteroatoms. The van der Waals surface area contributed by atoms with E-state index in [9.17, 15) is 4.79 Å². The number of rotatable bonds is 2. The Kier molecular flexibility index (Phi) is 2.71. The minimum Gasteiger partial charge on any atom is -0.293 e.